The molecule has 0 aliphatic carbocycles. The molecule has 0 spiro atoms. The van der Waals surface area contributed by atoms with Crippen LogP contribution in [0, 0.1) is 6.92 Å². The molecule has 6 nitrogen and oxygen atoms in total. The molecule has 0 aliphatic heterocycles. The highest BCUT2D eigenvalue weighted by molar-refractivity contribution is 7.89. The lowest BCUT2D eigenvalue weighted by atomic mass is 10.1. The summed E-state index contributed by atoms with van der Waals surface area (Å²) in [5, 5.41) is 7.73. The number of hydrogen-bond acceptors (Lipinski definition) is 5. The number of hydrogen-bond donors (Lipinski definition) is 0. The highest BCUT2D eigenvalue weighted by Crippen LogP contribution is 2.20. The Bertz CT molecular complexity index is 824. The standard InChI is InChI=1S/C18H25N3O3S/c1-4-6-7-9-16-18(17(22)8-5-2)19-20-21(16)25(23,24)15-12-10-14(3)11-13-15/h10-13H,4-9H2,1-3H3. The van der Waals surface area contributed by atoms with Crippen LogP contribution in [0.2, 0.25) is 0 Å². The SMILES string of the molecule is CCCCCc1c(C(=O)CCC)nnn1S(=O)(=O)c1ccc(C)cc1. The van der Waals surface area contributed by atoms with Gasteiger partial charge in [-0.2, -0.15) is 8.42 Å². The number of aryl methyl sites for hydroxylation is 1. The van der Waals surface area contributed by atoms with E-state index in [1.54, 1.807) is 24.3 Å². The monoisotopic (exact) mass is 363 g/mol. The minimum absolute atomic E-state index is 0.147. The molecule has 0 saturated heterocycles. The van der Waals surface area contributed by atoms with Crippen LogP contribution in [0.15, 0.2) is 29.2 Å². The third-order valence-electron chi connectivity index (χ3n) is 4.04. The number of Topliss-reactive ketones (excluding diaryl/α,β-unsaturated/α-hetero) is 1. The van der Waals surface area contributed by atoms with Crippen LogP contribution in [0.3, 0.4) is 0 Å². The normalized spacial score (nSPS) is 11.6. The van der Waals surface area contributed by atoms with E-state index in [9.17, 15) is 13.2 Å². The van der Waals surface area contributed by atoms with Crippen molar-refractivity contribution in [2.45, 2.75) is 64.2 Å². The first kappa shape index (κ1) is 19.3. The summed E-state index contributed by atoms with van der Waals surface area (Å²) in [6, 6.07) is 6.58. The van der Waals surface area contributed by atoms with Gasteiger partial charge in [0.05, 0.1) is 10.6 Å². The first-order valence-electron chi connectivity index (χ1n) is 8.71. The third-order valence-corrected chi connectivity index (χ3v) is 5.65. The van der Waals surface area contributed by atoms with Gasteiger partial charge in [0.25, 0.3) is 10.0 Å². The fraction of sp³-hybridized carbons (Fsp3) is 0.500. The number of benzene rings is 1. The molecular weight excluding hydrogens is 338 g/mol. The van der Waals surface area contributed by atoms with Crippen LogP contribution in [-0.4, -0.2) is 28.6 Å². The second-order valence-corrected chi connectivity index (χ2v) is 7.94. The predicted octanol–water partition coefficient (Wildman–Crippen LogP) is 3.54. The molecule has 0 bridgehead atoms. The smallest absolute Gasteiger partial charge is 0.284 e. The van der Waals surface area contributed by atoms with Crippen LogP contribution in [0.4, 0.5) is 0 Å². The lowest BCUT2D eigenvalue weighted by Gasteiger charge is -2.09. The minimum Gasteiger partial charge on any atom is -0.292 e. The largest absolute Gasteiger partial charge is 0.292 e. The van der Waals surface area contributed by atoms with E-state index >= 15 is 0 Å². The summed E-state index contributed by atoms with van der Waals surface area (Å²) < 4.78 is 26.8. The Balaban J connectivity index is 2.48. The number of ketones is 1. The van der Waals surface area contributed by atoms with Crippen molar-refractivity contribution in [3.63, 3.8) is 0 Å². The van der Waals surface area contributed by atoms with Gasteiger partial charge in [-0.05, 0) is 38.3 Å². The predicted molar refractivity (Wildman–Crippen MR) is 96.3 cm³/mol. The van der Waals surface area contributed by atoms with E-state index in [0.717, 1.165) is 28.9 Å². The van der Waals surface area contributed by atoms with Crippen molar-refractivity contribution >= 4 is 15.8 Å². The van der Waals surface area contributed by atoms with E-state index < -0.39 is 10.0 Å². The molecule has 0 saturated carbocycles. The molecule has 25 heavy (non-hydrogen) atoms. The molecular formula is C18H25N3O3S. The zero-order valence-electron chi connectivity index (χ0n) is 15.0. The van der Waals surface area contributed by atoms with Crippen molar-refractivity contribution in [3.8, 4) is 0 Å². The second kappa shape index (κ2) is 8.38. The molecule has 136 valence electrons. The van der Waals surface area contributed by atoms with Crippen molar-refractivity contribution in [2.75, 3.05) is 0 Å². The molecule has 1 heterocycles. The van der Waals surface area contributed by atoms with E-state index in [1.165, 1.54) is 0 Å². The van der Waals surface area contributed by atoms with Gasteiger partial charge in [0.2, 0.25) is 0 Å². The summed E-state index contributed by atoms with van der Waals surface area (Å²) in [4.78, 5) is 12.5. The lowest BCUT2D eigenvalue weighted by Crippen LogP contribution is -2.18. The summed E-state index contributed by atoms with van der Waals surface area (Å²) in [6.45, 7) is 5.87. The Morgan fingerprint density at radius 3 is 2.36 bits per heavy atom. The van der Waals surface area contributed by atoms with Crippen LogP contribution >= 0.6 is 0 Å². The van der Waals surface area contributed by atoms with Crippen LogP contribution in [0.5, 0.6) is 0 Å². The summed E-state index contributed by atoms with van der Waals surface area (Å²) in [5.41, 5.74) is 1.56. The molecule has 1 aromatic carbocycles. The average molecular weight is 363 g/mol. The molecule has 0 radical (unpaired) electrons. The molecule has 7 heteroatoms. The fourth-order valence-electron chi connectivity index (χ4n) is 2.61. The minimum atomic E-state index is -3.86. The van der Waals surface area contributed by atoms with Crippen molar-refractivity contribution in [1.82, 2.24) is 14.4 Å². The number of carbonyl (C=O) groups excluding carboxylic acids is 1. The maximum atomic E-state index is 12.9. The fourth-order valence-corrected chi connectivity index (χ4v) is 3.89. The molecule has 2 rings (SSSR count). The maximum Gasteiger partial charge on any atom is 0.284 e. The van der Waals surface area contributed by atoms with Crippen LogP contribution < -0.4 is 0 Å². The van der Waals surface area contributed by atoms with Gasteiger partial charge < -0.3 is 0 Å². The van der Waals surface area contributed by atoms with Gasteiger partial charge in [0, 0.05) is 6.42 Å². The Labute approximate surface area is 149 Å². The number of nitrogens with zero attached hydrogens (tertiary/aromatic N) is 3. The van der Waals surface area contributed by atoms with E-state index in [1.807, 2.05) is 13.8 Å². The highest BCUT2D eigenvalue weighted by atomic mass is 32.2. The topological polar surface area (TPSA) is 81.9 Å². The summed E-state index contributed by atoms with van der Waals surface area (Å²) >= 11 is 0. The van der Waals surface area contributed by atoms with Gasteiger partial charge in [0.1, 0.15) is 0 Å². The lowest BCUT2D eigenvalue weighted by molar-refractivity contribution is 0.0976. The van der Waals surface area contributed by atoms with Gasteiger partial charge in [-0.25, -0.2) is 0 Å². The Kier molecular flexibility index (Phi) is 6.47. The highest BCUT2D eigenvalue weighted by Gasteiger charge is 2.27. The van der Waals surface area contributed by atoms with E-state index in [2.05, 4.69) is 17.2 Å². The molecule has 0 fully saturated rings. The van der Waals surface area contributed by atoms with E-state index in [4.69, 9.17) is 0 Å². The number of carbonyl (C=O) groups is 1. The average Bonchev–Trinajstić information content (AvgIpc) is 3.00. The molecule has 2 aromatic rings. The first-order chi connectivity index (χ1) is 11.9. The van der Waals surface area contributed by atoms with Gasteiger partial charge in [-0.3, -0.25) is 4.79 Å². The van der Waals surface area contributed by atoms with E-state index in [-0.39, 0.29) is 16.4 Å². The van der Waals surface area contributed by atoms with Crippen molar-refractivity contribution in [2.24, 2.45) is 0 Å². The molecule has 0 N–H and O–H groups in total. The van der Waals surface area contributed by atoms with Crippen LogP contribution in [-0.2, 0) is 16.4 Å². The second-order valence-electron chi connectivity index (χ2n) is 6.18. The Hall–Kier alpha value is -2.02. The molecule has 0 unspecified atom stereocenters. The summed E-state index contributed by atoms with van der Waals surface area (Å²) in [5.74, 6) is -0.153. The molecule has 0 atom stereocenters. The third kappa shape index (κ3) is 4.34. The van der Waals surface area contributed by atoms with Gasteiger partial charge in [-0.1, -0.05) is 49.6 Å². The Morgan fingerprint density at radius 1 is 1.08 bits per heavy atom. The number of aromatic nitrogens is 3. The van der Waals surface area contributed by atoms with Gasteiger partial charge in [0.15, 0.2) is 11.5 Å². The zero-order valence-corrected chi connectivity index (χ0v) is 15.8. The van der Waals surface area contributed by atoms with Crippen LogP contribution in [0.1, 0.15) is 67.7 Å². The number of rotatable bonds is 9. The van der Waals surface area contributed by atoms with Gasteiger partial charge >= 0.3 is 0 Å². The van der Waals surface area contributed by atoms with Crippen molar-refractivity contribution in [1.29, 1.82) is 0 Å². The molecule has 0 amide bonds. The Morgan fingerprint density at radius 2 is 1.76 bits per heavy atom. The summed E-state index contributed by atoms with van der Waals surface area (Å²) in [7, 11) is -3.86. The van der Waals surface area contributed by atoms with Crippen LogP contribution in [0.25, 0.3) is 0 Å². The maximum absolute atomic E-state index is 12.9. The van der Waals surface area contributed by atoms with Crippen molar-refractivity contribution in [3.05, 3.63) is 41.2 Å². The first-order valence-corrected chi connectivity index (χ1v) is 10.2. The molecule has 1 aromatic heterocycles. The zero-order chi connectivity index (χ0) is 18.4. The quantitative estimate of drug-likeness (QED) is 0.503. The molecule has 0 aliphatic rings. The number of unbranched alkanes of at least 4 members (excludes halogenated alkanes) is 2. The van der Waals surface area contributed by atoms with E-state index in [0.29, 0.717) is 25.0 Å². The summed E-state index contributed by atoms with van der Waals surface area (Å²) in [6.07, 6.45) is 4.24. The van der Waals surface area contributed by atoms with Gasteiger partial charge in [-0.15, -0.1) is 9.19 Å². The van der Waals surface area contributed by atoms with Crippen molar-refractivity contribution < 1.29 is 13.2 Å².